The van der Waals surface area contributed by atoms with Gasteiger partial charge in [0.05, 0.1) is 0 Å². The van der Waals surface area contributed by atoms with E-state index >= 15 is 0 Å². The maximum atomic E-state index is 12.8. The van der Waals surface area contributed by atoms with E-state index in [9.17, 15) is 4.79 Å². The van der Waals surface area contributed by atoms with Crippen LogP contribution in [0.25, 0.3) is 0 Å². The minimum atomic E-state index is -0.909. The average Bonchev–Trinajstić information content (AvgIpc) is 3.00. The van der Waals surface area contributed by atoms with Crippen LogP contribution in [0.5, 0.6) is 5.75 Å². The van der Waals surface area contributed by atoms with E-state index in [1.54, 1.807) is 12.1 Å². The lowest BCUT2D eigenvalue weighted by molar-refractivity contribution is -0.144. The summed E-state index contributed by atoms with van der Waals surface area (Å²) in [7, 11) is 0. The van der Waals surface area contributed by atoms with Crippen molar-refractivity contribution in [2.24, 2.45) is 17.6 Å². The van der Waals surface area contributed by atoms with Crippen molar-refractivity contribution in [1.29, 1.82) is 0 Å². The van der Waals surface area contributed by atoms with Crippen LogP contribution in [0.3, 0.4) is 0 Å². The number of ether oxygens (including phenoxy) is 1. The van der Waals surface area contributed by atoms with Gasteiger partial charge in [-0.3, -0.25) is 4.79 Å². The fourth-order valence-electron chi connectivity index (χ4n) is 3.72. The summed E-state index contributed by atoms with van der Waals surface area (Å²) in [5, 5.41) is 0.599. The van der Waals surface area contributed by atoms with Gasteiger partial charge in [0.15, 0.2) is 5.60 Å². The summed E-state index contributed by atoms with van der Waals surface area (Å²) in [5.41, 5.74) is 5.24. The number of likely N-dealkylation sites (tertiary alicyclic amines) is 1. The molecule has 3 atom stereocenters. The Balaban J connectivity index is 1.68. The molecule has 2 aliphatic rings. The largest absolute Gasteiger partial charge is 0.478 e. The summed E-state index contributed by atoms with van der Waals surface area (Å²) in [6, 6.07) is 7.38. The first-order valence-electron chi connectivity index (χ1n) is 7.86. The van der Waals surface area contributed by atoms with Crippen LogP contribution in [0.4, 0.5) is 0 Å². The molecule has 3 unspecified atom stereocenters. The van der Waals surface area contributed by atoms with Crippen molar-refractivity contribution < 1.29 is 9.53 Å². The van der Waals surface area contributed by atoms with Gasteiger partial charge in [0.2, 0.25) is 0 Å². The highest BCUT2D eigenvalue weighted by molar-refractivity contribution is 6.30. The number of nitrogens with two attached hydrogens (primary N) is 1. The minimum absolute atomic E-state index is 0.0223. The third kappa shape index (κ3) is 2.95. The van der Waals surface area contributed by atoms with Gasteiger partial charge in [0.25, 0.3) is 5.91 Å². The Hall–Kier alpha value is -1.26. The molecule has 120 valence electrons. The molecule has 3 rings (SSSR count). The molecule has 2 N–H and O–H groups in total. The van der Waals surface area contributed by atoms with Gasteiger partial charge in [0.1, 0.15) is 5.75 Å². The molecule has 2 fully saturated rings. The second-order valence-electron chi connectivity index (χ2n) is 6.95. The second kappa shape index (κ2) is 5.74. The van der Waals surface area contributed by atoms with Crippen LogP contribution in [0.15, 0.2) is 24.3 Å². The number of amides is 1. The first kappa shape index (κ1) is 15.6. The van der Waals surface area contributed by atoms with E-state index < -0.39 is 5.60 Å². The van der Waals surface area contributed by atoms with Gasteiger partial charge < -0.3 is 15.4 Å². The molecule has 0 aromatic heterocycles. The molecule has 1 aromatic rings. The zero-order chi connectivity index (χ0) is 15.9. The van der Waals surface area contributed by atoms with Crippen molar-refractivity contribution in [3.05, 3.63) is 29.3 Å². The van der Waals surface area contributed by atoms with E-state index in [1.165, 1.54) is 0 Å². The van der Waals surface area contributed by atoms with Crippen LogP contribution >= 0.6 is 11.6 Å². The normalized spacial score (nSPS) is 27.8. The summed E-state index contributed by atoms with van der Waals surface area (Å²) in [6.07, 6.45) is 2.21. The Kier molecular flexibility index (Phi) is 4.08. The SMILES string of the molecule is CC(C)(Oc1cccc(Cl)c1)C(=O)N1CC2CCC(N)C2C1. The zero-order valence-corrected chi connectivity index (χ0v) is 13.8. The number of hydrogen-bond donors (Lipinski definition) is 1. The van der Waals surface area contributed by atoms with Crippen molar-refractivity contribution in [3.8, 4) is 5.75 Å². The van der Waals surface area contributed by atoms with E-state index in [0.29, 0.717) is 22.6 Å². The van der Waals surface area contributed by atoms with Gasteiger partial charge >= 0.3 is 0 Å². The number of nitrogens with zero attached hydrogens (tertiary/aromatic N) is 1. The van der Waals surface area contributed by atoms with Gasteiger partial charge in [-0.15, -0.1) is 0 Å². The number of carbonyl (C=O) groups excluding carboxylic acids is 1. The van der Waals surface area contributed by atoms with Gasteiger partial charge in [-0.2, -0.15) is 0 Å². The first-order chi connectivity index (χ1) is 10.4. The van der Waals surface area contributed by atoms with Crippen molar-refractivity contribution in [3.63, 3.8) is 0 Å². The maximum Gasteiger partial charge on any atom is 0.266 e. The van der Waals surface area contributed by atoms with E-state index in [0.717, 1.165) is 25.9 Å². The quantitative estimate of drug-likeness (QED) is 0.931. The topological polar surface area (TPSA) is 55.6 Å². The average molecular weight is 323 g/mol. The summed E-state index contributed by atoms with van der Waals surface area (Å²) in [4.78, 5) is 14.7. The third-order valence-corrected chi connectivity index (χ3v) is 5.12. The number of fused-ring (bicyclic) bond motifs is 1. The van der Waals surface area contributed by atoms with Crippen LogP contribution in [-0.2, 0) is 4.79 Å². The Morgan fingerprint density at radius 3 is 2.82 bits per heavy atom. The number of carbonyl (C=O) groups is 1. The molecule has 1 heterocycles. The fraction of sp³-hybridized carbons (Fsp3) is 0.588. The number of halogens is 1. The lowest BCUT2D eigenvalue weighted by Gasteiger charge is -2.30. The van der Waals surface area contributed by atoms with E-state index in [2.05, 4.69) is 0 Å². The Labute approximate surface area is 136 Å². The Morgan fingerprint density at radius 2 is 2.14 bits per heavy atom. The van der Waals surface area contributed by atoms with Crippen molar-refractivity contribution in [2.45, 2.75) is 38.3 Å². The number of hydrogen-bond acceptors (Lipinski definition) is 3. The minimum Gasteiger partial charge on any atom is -0.478 e. The molecule has 5 heteroatoms. The molecule has 1 aliphatic heterocycles. The lowest BCUT2D eigenvalue weighted by Crippen LogP contribution is -2.48. The molecule has 1 aliphatic carbocycles. The summed E-state index contributed by atoms with van der Waals surface area (Å²) in [6.45, 7) is 5.18. The van der Waals surface area contributed by atoms with Gasteiger partial charge in [-0.05, 0) is 56.7 Å². The zero-order valence-electron chi connectivity index (χ0n) is 13.1. The molecule has 0 spiro atoms. The van der Waals surface area contributed by atoms with Crippen LogP contribution in [0, 0.1) is 11.8 Å². The summed E-state index contributed by atoms with van der Waals surface area (Å²) >= 11 is 5.97. The summed E-state index contributed by atoms with van der Waals surface area (Å²) in [5.74, 6) is 1.64. The Bertz CT molecular complexity index is 576. The third-order valence-electron chi connectivity index (χ3n) is 4.88. The molecule has 0 radical (unpaired) electrons. The molecular formula is C17H23ClN2O2. The number of rotatable bonds is 3. The monoisotopic (exact) mass is 322 g/mol. The maximum absolute atomic E-state index is 12.8. The highest BCUT2D eigenvalue weighted by Gasteiger charge is 2.45. The van der Waals surface area contributed by atoms with Crippen molar-refractivity contribution >= 4 is 17.5 Å². The molecule has 22 heavy (non-hydrogen) atoms. The van der Waals surface area contributed by atoms with E-state index in [-0.39, 0.29) is 11.9 Å². The molecule has 0 bridgehead atoms. The predicted molar refractivity (Wildman–Crippen MR) is 86.9 cm³/mol. The molecule has 1 saturated carbocycles. The smallest absolute Gasteiger partial charge is 0.266 e. The van der Waals surface area contributed by atoms with Crippen LogP contribution in [0.1, 0.15) is 26.7 Å². The first-order valence-corrected chi connectivity index (χ1v) is 8.24. The standard InChI is InChI=1S/C17H23ClN2O2/c1-17(2,22-13-5-3-4-12(18)8-13)16(21)20-9-11-6-7-15(19)14(11)10-20/h3-5,8,11,14-15H,6-7,9-10,19H2,1-2H3. The lowest BCUT2D eigenvalue weighted by atomic mass is 9.98. The van der Waals surface area contributed by atoms with Crippen molar-refractivity contribution in [1.82, 2.24) is 4.90 Å². The van der Waals surface area contributed by atoms with Crippen molar-refractivity contribution in [2.75, 3.05) is 13.1 Å². The highest BCUT2D eigenvalue weighted by atomic mass is 35.5. The molecule has 1 saturated heterocycles. The van der Waals surface area contributed by atoms with E-state index in [1.807, 2.05) is 30.9 Å². The molecule has 1 amide bonds. The summed E-state index contributed by atoms with van der Waals surface area (Å²) < 4.78 is 5.90. The fourth-order valence-corrected chi connectivity index (χ4v) is 3.90. The van der Waals surface area contributed by atoms with Gasteiger partial charge in [0, 0.05) is 24.2 Å². The number of benzene rings is 1. The van der Waals surface area contributed by atoms with Gasteiger partial charge in [-0.1, -0.05) is 17.7 Å². The molecular weight excluding hydrogens is 300 g/mol. The van der Waals surface area contributed by atoms with Crippen LogP contribution in [0.2, 0.25) is 5.02 Å². The highest BCUT2D eigenvalue weighted by Crippen LogP contribution is 2.38. The molecule has 4 nitrogen and oxygen atoms in total. The predicted octanol–water partition coefficient (Wildman–Crippen LogP) is 2.69. The Morgan fingerprint density at radius 1 is 1.36 bits per heavy atom. The van der Waals surface area contributed by atoms with Gasteiger partial charge in [-0.25, -0.2) is 0 Å². The second-order valence-corrected chi connectivity index (χ2v) is 7.38. The van der Waals surface area contributed by atoms with E-state index in [4.69, 9.17) is 22.1 Å². The van der Waals surface area contributed by atoms with Crippen LogP contribution in [-0.4, -0.2) is 35.5 Å². The molecule has 1 aromatic carbocycles. The van der Waals surface area contributed by atoms with Crippen LogP contribution < -0.4 is 10.5 Å².